The van der Waals surface area contributed by atoms with Crippen LogP contribution in [0.5, 0.6) is 5.75 Å². The molecule has 0 unspecified atom stereocenters. The van der Waals surface area contributed by atoms with Crippen LogP contribution in [0.1, 0.15) is 11.1 Å². The van der Waals surface area contributed by atoms with Crippen LogP contribution in [-0.2, 0) is 4.79 Å². The number of methoxy groups -OCH3 is 1. The maximum absolute atomic E-state index is 12.4. The van der Waals surface area contributed by atoms with E-state index in [2.05, 4.69) is 20.7 Å². The van der Waals surface area contributed by atoms with E-state index < -0.39 is 0 Å². The number of nitrogens with one attached hydrogen (secondary N) is 1. The number of allylic oxidation sites excluding steroid dienone is 1. The third kappa shape index (κ3) is 6.41. The fourth-order valence-electron chi connectivity index (χ4n) is 3.34. The van der Waals surface area contributed by atoms with Crippen molar-refractivity contribution >= 4 is 41.6 Å². The summed E-state index contributed by atoms with van der Waals surface area (Å²) in [6.07, 6.45) is 5.10. The quantitative estimate of drug-likeness (QED) is 0.172. The predicted octanol–water partition coefficient (Wildman–Crippen LogP) is 5.81. The summed E-state index contributed by atoms with van der Waals surface area (Å²) in [5.74, 6) is 1.30. The summed E-state index contributed by atoms with van der Waals surface area (Å²) in [6.45, 7) is 2.03. The first-order valence-corrected chi connectivity index (χ1v) is 12.4. The summed E-state index contributed by atoms with van der Waals surface area (Å²) in [5.41, 5.74) is 6.37. The van der Waals surface area contributed by atoms with Gasteiger partial charge in [-0.05, 0) is 49.4 Å². The van der Waals surface area contributed by atoms with Crippen LogP contribution in [0.25, 0.3) is 23.2 Å². The highest BCUT2D eigenvalue weighted by atomic mass is 35.5. The van der Waals surface area contributed by atoms with Crippen LogP contribution in [0.3, 0.4) is 0 Å². The molecule has 4 aromatic rings. The average molecular weight is 518 g/mol. The minimum absolute atomic E-state index is 0.118. The van der Waals surface area contributed by atoms with Crippen LogP contribution in [0.4, 0.5) is 0 Å². The molecule has 182 valence electrons. The second-order valence-electron chi connectivity index (χ2n) is 7.69. The number of hydrogen-bond donors (Lipinski definition) is 1. The fraction of sp³-hybridized carbons (Fsp3) is 0.111. The van der Waals surface area contributed by atoms with E-state index in [0.29, 0.717) is 16.0 Å². The van der Waals surface area contributed by atoms with Crippen LogP contribution in [0.2, 0.25) is 5.02 Å². The van der Waals surface area contributed by atoms with E-state index in [-0.39, 0.29) is 11.7 Å². The minimum Gasteiger partial charge on any atom is -0.496 e. The monoisotopic (exact) mass is 517 g/mol. The molecule has 0 spiro atoms. The van der Waals surface area contributed by atoms with E-state index in [1.807, 2.05) is 90.4 Å². The van der Waals surface area contributed by atoms with Crippen molar-refractivity contribution in [3.63, 3.8) is 0 Å². The average Bonchev–Trinajstić information content (AvgIpc) is 3.32. The van der Waals surface area contributed by atoms with E-state index >= 15 is 0 Å². The van der Waals surface area contributed by atoms with Gasteiger partial charge in [0.1, 0.15) is 5.75 Å². The highest BCUT2D eigenvalue weighted by Crippen LogP contribution is 2.28. The van der Waals surface area contributed by atoms with Crippen molar-refractivity contribution in [2.75, 3.05) is 12.9 Å². The van der Waals surface area contributed by atoms with Gasteiger partial charge in [0.15, 0.2) is 11.0 Å². The number of amides is 1. The Labute approximate surface area is 218 Å². The van der Waals surface area contributed by atoms with Crippen LogP contribution in [0, 0.1) is 6.92 Å². The zero-order valence-electron chi connectivity index (χ0n) is 19.8. The number of halogens is 1. The van der Waals surface area contributed by atoms with Gasteiger partial charge in [-0.2, -0.15) is 5.10 Å². The third-order valence-corrected chi connectivity index (χ3v) is 6.31. The zero-order chi connectivity index (χ0) is 25.3. The minimum atomic E-state index is -0.260. The summed E-state index contributed by atoms with van der Waals surface area (Å²) >= 11 is 7.36. The zero-order valence-corrected chi connectivity index (χ0v) is 21.3. The molecule has 1 aromatic heterocycles. The molecule has 7 nitrogen and oxygen atoms in total. The van der Waals surface area contributed by atoms with Crippen molar-refractivity contribution < 1.29 is 9.53 Å². The molecule has 0 saturated heterocycles. The van der Waals surface area contributed by atoms with E-state index in [1.54, 1.807) is 13.2 Å². The van der Waals surface area contributed by atoms with Gasteiger partial charge >= 0.3 is 0 Å². The molecule has 0 atom stereocenters. The largest absolute Gasteiger partial charge is 0.496 e. The van der Waals surface area contributed by atoms with Gasteiger partial charge in [0.25, 0.3) is 5.91 Å². The lowest BCUT2D eigenvalue weighted by atomic mass is 10.1. The molecule has 0 aliphatic carbocycles. The van der Waals surface area contributed by atoms with Crippen LogP contribution in [-0.4, -0.2) is 39.7 Å². The number of benzene rings is 3. The lowest BCUT2D eigenvalue weighted by molar-refractivity contribution is -0.118. The maximum Gasteiger partial charge on any atom is 0.250 e. The predicted molar refractivity (Wildman–Crippen MR) is 146 cm³/mol. The number of rotatable bonds is 9. The van der Waals surface area contributed by atoms with Gasteiger partial charge in [0.05, 0.1) is 12.9 Å². The lowest BCUT2D eigenvalue weighted by Crippen LogP contribution is -2.19. The fourth-order valence-corrected chi connectivity index (χ4v) is 4.21. The Kier molecular flexibility index (Phi) is 8.54. The van der Waals surface area contributed by atoms with E-state index in [1.165, 1.54) is 18.0 Å². The van der Waals surface area contributed by atoms with Crippen molar-refractivity contribution in [1.82, 2.24) is 20.2 Å². The molecule has 0 fully saturated rings. The second kappa shape index (κ2) is 12.2. The SMILES string of the molecule is COc1ccccc1C=CC=NNC(=O)CSc1nnc(-c2ccc(C)cc2)n1-c1ccc(Cl)cc1. The summed E-state index contributed by atoms with van der Waals surface area (Å²) in [7, 11) is 1.62. The number of hydrogen-bond acceptors (Lipinski definition) is 6. The number of para-hydroxylation sites is 1. The van der Waals surface area contributed by atoms with Crippen molar-refractivity contribution in [3.05, 3.63) is 95.0 Å². The van der Waals surface area contributed by atoms with Crippen molar-refractivity contribution in [1.29, 1.82) is 0 Å². The highest BCUT2D eigenvalue weighted by Gasteiger charge is 2.17. The summed E-state index contributed by atoms with van der Waals surface area (Å²) in [5, 5.41) is 14.0. The molecule has 1 N–H and O–H groups in total. The molecule has 1 heterocycles. The molecule has 9 heteroatoms. The van der Waals surface area contributed by atoms with E-state index in [9.17, 15) is 4.79 Å². The maximum atomic E-state index is 12.4. The number of aryl methyl sites for hydroxylation is 1. The molecule has 1 amide bonds. The molecule has 0 radical (unpaired) electrons. The molecular formula is C27H24ClN5O2S. The first kappa shape index (κ1) is 25.2. The molecule has 4 rings (SSSR count). The highest BCUT2D eigenvalue weighted by molar-refractivity contribution is 7.99. The number of hydrazone groups is 1. The molecular weight excluding hydrogens is 494 g/mol. The molecule has 0 saturated carbocycles. The summed E-state index contributed by atoms with van der Waals surface area (Å²) in [6, 6.07) is 23.1. The van der Waals surface area contributed by atoms with Gasteiger partial charge in [-0.25, -0.2) is 5.43 Å². The molecule has 0 bridgehead atoms. The number of carbonyl (C=O) groups excluding carboxylic acids is 1. The molecule has 0 aliphatic heterocycles. The van der Waals surface area contributed by atoms with Gasteiger partial charge in [-0.1, -0.05) is 71.4 Å². The normalized spacial score (nSPS) is 11.3. The smallest absolute Gasteiger partial charge is 0.250 e. The Bertz CT molecular complexity index is 1380. The lowest BCUT2D eigenvalue weighted by Gasteiger charge is -2.10. The van der Waals surface area contributed by atoms with Crippen molar-refractivity contribution in [2.24, 2.45) is 5.10 Å². The first-order chi connectivity index (χ1) is 17.5. The van der Waals surface area contributed by atoms with Gasteiger partial charge in [-0.3, -0.25) is 9.36 Å². The van der Waals surface area contributed by atoms with E-state index in [4.69, 9.17) is 16.3 Å². The number of thioether (sulfide) groups is 1. The van der Waals surface area contributed by atoms with Crippen LogP contribution >= 0.6 is 23.4 Å². The second-order valence-corrected chi connectivity index (χ2v) is 9.07. The van der Waals surface area contributed by atoms with Gasteiger partial charge in [-0.15, -0.1) is 10.2 Å². The van der Waals surface area contributed by atoms with Crippen molar-refractivity contribution in [2.45, 2.75) is 12.1 Å². The first-order valence-electron chi connectivity index (χ1n) is 11.1. The Morgan fingerprint density at radius 3 is 2.58 bits per heavy atom. The number of nitrogens with zero attached hydrogens (tertiary/aromatic N) is 4. The summed E-state index contributed by atoms with van der Waals surface area (Å²) < 4.78 is 7.22. The Morgan fingerprint density at radius 1 is 1.08 bits per heavy atom. The molecule has 0 aliphatic rings. The van der Waals surface area contributed by atoms with Gasteiger partial charge in [0.2, 0.25) is 0 Å². The molecule has 36 heavy (non-hydrogen) atoms. The third-order valence-electron chi connectivity index (χ3n) is 5.12. The van der Waals surface area contributed by atoms with E-state index in [0.717, 1.165) is 28.1 Å². The summed E-state index contributed by atoms with van der Waals surface area (Å²) in [4.78, 5) is 12.4. The van der Waals surface area contributed by atoms with Crippen molar-refractivity contribution in [3.8, 4) is 22.8 Å². The van der Waals surface area contributed by atoms with Crippen LogP contribution < -0.4 is 10.2 Å². The van der Waals surface area contributed by atoms with Gasteiger partial charge in [0, 0.05) is 28.1 Å². The Morgan fingerprint density at radius 2 is 1.83 bits per heavy atom. The standard InChI is InChI=1S/C27H24ClN5O2S/c1-19-9-11-21(12-10-19)26-31-32-27(33(26)23-15-13-22(28)14-16-23)36-18-25(34)30-29-17-5-7-20-6-3-4-8-24(20)35-2/h3-17H,18H2,1-2H3,(H,30,34). The number of aromatic nitrogens is 3. The Balaban J connectivity index is 1.44. The molecule has 3 aromatic carbocycles. The number of carbonyl (C=O) groups is 1. The van der Waals surface area contributed by atoms with Crippen LogP contribution in [0.15, 0.2) is 89.1 Å². The van der Waals surface area contributed by atoms with Gasteiger partial charge < -0.3 is 4.74 Å². The Hall–Kier alpha value is -3.88. The number of ether oxygens (including phenoxy) is 1. The topological polar surface area (TPSA) is 81.4 Å².